The fourth-order valence-corrected chi connectivity index (χ4v) is 6.81. The first-order valence-corrected chi connectivity index (χ1v) is 13.7. The normalized spacial score (nSPS) is 26.4. The zero-order valence-electron chi connectivity index (χ0n) is 22.1. The molecule has 1 heterocycles. The molecule has 8 rings (SSSR count). The summed E-state index contributed by atoms with van der Waals surface area (Å²) in [6, 6.07) is 18.0. The SMILES string of the molecule is O=C(COC(=O)c1ccccc1N1C(=O)[C@H]2[C@@H]3C=C[C@H]([C@H]4C[C@H]34)[C@@H]2C1=O)c1ccc(Oc2ccc([N+](=O)[O-])cc2)cc1. The summed E-state index contributed by atoms with van der Waals surface area (Å²) in [4.78, 5) is 64.4. The van der Waals surface area contributed by atoms with Gasteiger partial charge in [0.15, 0.2) is 12.4 Å². The monoisotopic (exact) mass is 564 g/mol. The quantitative estimate of drug-likeness (QED) is 0.0934. The highest BCUT2D eigenvalue weighted by Gasteiger charge is 2.67. The van der Waals surface area contributed by atoms with E-state index in [2.05, 4.69) is 12.2 Å². The fraction of sp³-hybridized carbons (Fsp3) is 0.250. The Morgan fingerprint density at radius 2 is 1.40 bits per heavy atom. The predicted molar refractivity (Wildman–Crippen MR) is 148 cm³/mol. The lowest BCUT2D eigenvalue weighted by Crippen LogP contribution is -2.40. The van der Waals surface area contributed by atoms with Gasteiger partial charge < -0.3 is 9.47 Å². The molecule has 3 fully saturated rings. The number of rotatable bonds is 8. The van der Waals surface area contributed by atoms with E-state index >= 15 is 0 Å². The Bertz CT molecular complexity index is 1640. The van der Waals surface area contributed by atoms with Crippen molar-refractivity contribution in [2.45, 2.75) is 6.42 Å². The molecule has 0 N–H and O–H groups in total. The number of allylic oxidation sites excluding steroid dienone is 2. The predicted octanol–water partition coefficient (Wildman–Crippen LogP) is 4.98. The third-order valence-electron chi connectivity index (χ3n) is 8.82. The number of esters is 1. The van der Waals surface area contributed by atoms with E-state index < -0.39 is 35.1 Å². The van der Waals surface area contributed by atoms with Crippen molar-refractivity contribution in [2.24, 2.45) is 35.5 Å². The van der Waals surface area contributed by atoms with E-state index in [4.69, 9.17) is 9.47 Å². The Balaban J connectivity index is 1.01. The molecule has 0 unspecified atom stereocenters. The molecule has 10 nitrogen and oxygen atoms in total. The number of nitro benzene ring substituents is 1. The molecule has 2 saturated carbocycles. The molecule has 3 aromatic rings. The molecule has 0 aromatic heterocycles. The number of benzene rings is 3. The van der Waals surface area contributed by atoms with Crippen LogP contribution in [0.5, 0.6) is 11.5 Å². The number of ketones is 1. The average molecular weight is 565 g/mol. The van der Waals surface area contributed by atoms with Crippen LogP contribution in [0, 0.1) is 45.6 Å². The van der Waals surface area contributed by atoms with Gasteiger partial charge in [-0.05, 0) is 78.6 Å². The summed E-state index contributed by atoms with van der Waals surface area (Å²) in [6.45, 7) is -0.541. The number of carbonyl (C=O) groups is 4. The van der Waals surface area contributed by atoms with Crippen molar-refractivity contribution in [3.63, 3.8) is 0 Å². The lowest BCUT2D eigenvalue weighted by Gasteiger charge is -2.37. The minimum Gasteiger partial charge on any atom is -0.457 e. The number of hydrogen-bond acceptors (Lipinski definition) is 8. The third kappa shape index (κ3) is 4.18. The smallest absolute Gasteiger partial charge is 0.340 e. The first kappa shape index (κ1) is 25.8. The summed E-state index contributed by atoms with van der Waals surface area (Å²) in [7, 11) is 0. The van der Waals surface area contributed by atoms with Crippen molar-refractivity contribution in [2.75, 3.05) is 11.5 Å². The van der Waals surface area contributed by atoms with Gasteiger partial charge >= 0.3 is 5.97 Å². The second-order valence-electron chi connectivity index (χ2n) is 11.1. The number of non-ortho nitro benzene ring substituents is 1. The molecule has 5 aliphatic rings. The maximum absolute atomic E-state index is 13.5. The van der Waals surface area contributed by atoms with E-state index in [1.54, 1.807) is 30.3 Å². The van der Waals surface area contributed by atoms with Gasteiger partial charge in [0.05, 0.1) is 28.0 Å². The molecule has 210 valence electrons. The molecule has 6 atom stereocenters. The average Bonchev–Trinajstić information content (AvgIpc) is 3.79. The zero-order valence-corrected chi connectivity index (χ0v) is 22.1. The van der Waals surface area contributed by atoms with Crippen LogP contribution in [-0.4, -0.2) is 35.1 Å². The summed E-state index contributed by atoms with van der Waals surface area (Å²) >= 11 is 0. The summed E-state index contributed by atoms with van der Waals surface area (Å²) in [5.41, 5.74) is 0.448. The topological polar surface area (TPSA) is 133 Å². The number of imide groups is 1. The second kappa shape index (κ2) is 9.76. The van der Waals surface area contributed by atoms with Gasteiger partial charge in [0.2, 0.25) is 11.8 Å². The highest BCUT2D eigenvalue weighted by atomic mass is 16.6. The number of ether oxygens (including phenoxy) is 2. The van der Waals surface area contributed by atoms with Gasteiger partial charge in [0, 0.05) is 17.7 Å². The van der Waals surface area contributed by atoms with E-state index in [0.29, 0.717) is 23.3 Å². The molecule has 2 bridgehead atoms. The first-order chi connectivity index (χ1) is 20.3. The highest BCUT2D eigenvalue weighted by molar-refractivity contribution is 6.24. The Morgan fingerprint density at radius 3 is 2.00 bits per heavy atom. The third-order valence-corrected chi connectivity index (χ3v) is 8.82. The van der Waals surface area contributed by atoms with E-state index in [9.17, 15) is 29.3 Å². The largest absolute Gasteiger partial charge is 0.457 e. The number of carbonyl (C=O) groups excluding carboxylic acids is 4. The minimum absolute atomic E-state index is 0.0444. The summed E-state index contributed by atoms with van der Waals surface area (Å²) < 4.78 is 11.0. The number of nitro groups is 1. The number of para-hydroxylation sites is 1. The van der Waals surface area contributed by atoms with E-state index in [1.807, 2.05) is 0 Å². The van der Waals surface area contributed by atoms with Crippen LogP contribution in [0.2, 0.25) is 0 Å². The van der Waals surface area contributed by atoms with E-state index in [1.165, 1.54) is 42.5 Å². The van der Waals surface area contributed by atoms with Crippen LogP contribution in [0.3, 0.4) is 0 Å². The standard InChI is InChI=1S/C32H24N2O8/c35-27(17-5-9-19(10-6-17)42-20-11-7-18(8-12-20)34(39)40)16-41-32(38)23-3-1-2-4-26(23)33-30(36)28-21-13-14-22(25-15-24(21)25)29(28)31(33)37/h1-14,21-22,24-25,28-29H,15-16H2/t21-,22-,24-,25-,28+,29+/m1/s1. The molecule has 1 saturated heterocycles. The van der Waals surface area contributed by atoms with Gasteiger partial charge in [-0.15, -0.1) is 0 Å². The minimum atomic E-state index is -0.809. The molecule has 3 aromatic carbocycles. The lowest BCUT2D eigenvalue weighted by atomic mass is 9.63. The molecular formula is C32H24N2O8. The van der Waals surface area contributed by atoms with Crippen LogP contribution in [0.15, 0.2) is 84.9 Å². The van der Waals surface area contributed by atoms with Crippen molar-refractivity contribution in [1.82, 2.24) is 0 Å². The second-order valence-corrected chi connectivity index (χ2v) is 11.1. The maximum Gasteiger partial charge on any atom is 0.340 e. The number of Topliss-reactive ketones (excluding diaryl/α,β-unsaturated/α-hetero) is 1. The lowest BCUT2D eigenvalue weighted by molar-refractivity contribution is -0.384. The number of amides is 2. The van der Waals surface area contributed by atoms with Crippen LogP contribution < -0.4 is 9.64 Å². The van der Waals surface area contributed by atoms with Crippen molar-refractivity contribution >= 4 is 34.9 Å². The molecule has 1 aliphatic heterocycles. The number of nitrogens with zero attached hydrogens (tertiary/aromatic N) is 2. The van der Waals surface area contributed by atoms with Gasteiger partial charge in [-0.2, -0.15) is 0 Å². The van der Waals surface area contributed by atoms with Gasteiger partial charge in [-0.25, -0.2) is 9.69 Å². The Hall–Kier alpha value is -5.12. The molecular weight excluding hydrogens is 540 g/mol. The van der Waals surface area contributed by atoms with Crippen molar-refractivity contribution in [3.8, 4) is 11.5 Å². The van der Waals surface area contributed by atoms with Crippen LogP contribution in [0.4, 0.5) is 11.4 Å². The van der Waals surface area contributed by atoms with Crippen LogP contribution >= 0.6 is 0 Å². The van der Waals surface area contributed by atoms with Crippen LogP contribution in [0.1, 0.15) is 27.1 Å². The molecule has 4 aliphatic carbocycles. The van der Waals surface area contributed by atoms with E-state index in [-0.39, 0.29) is 46.2 Å². The Kier molecular flexibility index (Phi) is 6.00. The molecule has 2 amide bonds. The van der Waals surface area contributed by atoms with Gasteiger partial charge in [0.25, 0.3) is 5.69 Å². The van der Waals surface area contributed by atoms with Crippen molar-refractivity contribution < 1.29 is 33.6 Å². The summed E-state index contributed by atoms with van der Waals surface area (Å²) in [5.74, 6) is -0.745. The first-order valence-electron chi connectivity index (χ1n) is 13.7. The number of anilines is 1. The Labute approximate surface area is 239 Å². The summed E-state index contributed by atoms with van der Waals surface area (Å²) in [5, 5.41) is 10.8. The highest BCUT2D eigenvalue weighted by Crippen LogP contribution is 2.65. The van der Waals surface area contributed by atoms with Gasteiger partial charge in [-0.3, -0.25) is 24.5 Å². The molecule has 0 radical (unpaired) electrons. The maximum atomic E-state index is 13.5. The molecule has 0 spiro atoms. The molecule has 10 heteroatoms. The zero-order chi connectivity index (χ0) is 29.1. The van der Waals surface area contributed by atoms with Crippen molar-refractivity contribution in [1.29, 1.82) is 0 Å². The Morgan fingerprint density at radius 1 is 0.833 bits per heavy atom. The summed E-state index contributed by atoms with van der Waals surface area (Å²) in [6.07, 6.45) is 5.24. The van der Waals surface area contributed by atoms with Crippen molar-refractivity contribution in [3.05, 3.63) is 106 Å². The fourth-order valence-electron chi connectivity index (χ4n) is 6.81. The van der Waals surface area contributed by atoms with Crippen LogP contribution in [-0.2, 0) is 14.3 Å². The van der Waals surface area contributed by atoms with Gasteiger partial charge in [0.1, 0.15) is 11.5 Å². The molecule has 42 heavy (non-hydrogen) atoms. The van der Waals surface area contributed by atoms with E-state index in [0.717, 1.165) is 11.3 Å². The van der Waals surface area contributed by atoms with Gasteiger partial charge in [-0.1, -0.05) is 24.3 Å². The van der Waals surface area contributed by atoms with Crippen LogP contribution in [0.25, 0.3) is 0 Å². The number of hydrogen-bond donors (Lipinski definition) is 0.